The first-order valence-corrected chi connectivity index (χ1v) is 8.04. The molecule has 0 spiro atoms. The molecule has 1 aliphatic carbocycles. The van der Waals surface area contributed by atoms with Gasteiger partial charge in [0.2, 0.25) is 5.91 Å². The highest BCUT2D eigenvalue weighted by molar-refractivity contribution is 7.99. The van der Waals surface area contributed by atoms with E-state index in [0.717, 1.165) is 31.1 Å². The minimum Gasteiger partial charge on any atom is -0.352 e. The summed E-state index contributed by atoms with van der Waals surface area (Å²) in [5.74, 6) is 0.901. The molecule has 2 fully saturated rings. The summed E-state index contributed by atoms with van der Waals surface area (Å²) in [6.45, 7) is 3.22. The lowest BCUT2D eigenvalue weighted by Gasteiger charge is -2.28. The molecule has 2 N–H and O–H groups in total. The van der Waals surface area contributed by atoms with Gasteiger partial charge in [-0.05, 0) is 50.8 Å². The molecule has 4 unspecified atom stereocenters. The Morgan fingerprint density at radius 3 is 2.76 bits per heavy atom. The van der Waals surface area contributed by atoms with Crippen molar-refractivity contribution in [2.75, 3.05) is 12.8 Å². The predicted octanol–water partition coefficient (Wildman–Crippen LogP) is 1.77. The summed E-state index contributed by atoms with van der Waals surface area (Å²) in [6.07, 6.45) is 7.90. The van der Waals surface area contributed by atoms with Gasteiger partial charge in [-0.3, -0.25) is 4.79 Å². The Balaban J connectivity index is 1.77. The van der Waals surface area contributed by atoms with E-state index < -0.39 is 0 Å². The quantitative estimate of drug-likeness (QED) is 0.808. The molecule has 2 aliphatic rings. The van der Waals surface area contributed by atoms with Crippen LogP contribution >= 0.6 is 11.8 Å². The normalized spacial score (nSPS) is 38.0. The van der Waals surface area contributed by atoms with Crippen LogP contribution in [-0.2, 0) is 4.79 Å². The zero-order chi connectivity index (χ0) is 12.3. The largest absolute Gasteiger partial charge is 0.352 e. The molecule has 3 nitrogen and oxygen atoms in total. The van der Waals surface area contributed by atoms with E-state index in [0.29, 0.717) is 12.0 Å². The Hall–Kier alpha value is -0.220. The van der Waals surface area contributed by atoms with Gasteiger partial charge in [0.05, 0.1) is 6.04 Å². The molecule has 1 amide bonds. The Labute approximate surface area is 108 Å². The van der Waals surface area contributed by atoms with Gasteiger partial charge >= 0.3 is 0 Å². The van der Waals surface area contributed by atoms with Gasteiger partial charge in [0.25, 0.3) is 0 Å². The second kappa shape index (κ2) is 6.10. The van der Waals surface area contributed by atoms with Crippen LogP contribution < -0.4 is 10.6 Å². The number of hydrogen-bond donors (Lipinski definition) is 2. The summed E-state index contributed by atoms with van der Waals surface area (Å²) in [5, 5.41) is 7.30. The highest BCUT2D eigenvalue weighted by Gasteiger charge is 2.29. The summed E-state index contributed by atoms with van der Waals surface area (Å²) in [4.78, 5) is 12.1. The van der Waals surface area contributed by atoms with Crippen LogP contribution in [0.15, 0.2) is 0 Å². The molecule has 0 radical (unpaired) electrons. The number of rotatable bonds is 3. The van der Waals surface area contributed by atoms with E-state index >= 15 is 0 Å². The Kier molecular flexibility index (Phi) is 4.74. The van der Waals surface area contributed by atoms with Crippen molar-refractivity contribution in [2.45, 2.75) is 56.4 Å². The van der Waals surface area contributed by atoms with Crippen molar-refractivity contribution in [1.29, 1.82) is 0 Å². The minimum absolute atomic E-state index is 0.0482. The minimum atomic E-state index is 0.0482. The maximum atomic E-state index is 12.1. The third kappa shape index (κ3) is 3.62. The summed E-state index contributed by atoms with van der Waals surface area (Å²) in [5.41, 5.74) is 0. The first-order valence-electron chi connectivity index (χ1n) is 6.75. The molecule has 1 heterocycles. The fourth-order valence-corrected chi connectivity index (χ4v) is 3.69. The van der Waals surface area contributed by atoms with Gasteiger partial charge in [0.15, 0.2) is 0 Å². The highest BCUT2D eigenvalue weighted by Crippen LogP contribution is 2.28. The molecule has 0 aromatic heterocycles. The maximum absolute atomic E-state index is 12.1. The van der Waals surface area contributed by atoms with Crippen molar-refractivity contribution in [2.24, 2.45) is 5.92 Å². The molecule has 4 atom stereocenters. The fourth-order valence-electron chi connectivity index (χ4n) is 2.89. The van der Waals surface area contributed by atoms with Crippen LogP contribution in [0.5, 0.6) is 0 Å². The van der Waals surface area contributed by atoms with Gasteiger partial charge in [-0.1, -0.05) is 6.92 Å². The average molecular weight is 256 g/mol. The molecule has 1 aliphatic heterocycles. The number of carbonyl (C=O) groups is 1. The lowest BCUT2D eigenvalue weighted by atomic mass is 9.94. The van der Waals surface area contributed by atoms with Crippen molar-refractivity contribution in [3.63, 3.8) is 0 Å². The molecule has 0 aromatic rings. The third-order valence-corrected chi connectivity index (χ3v) is 5.14. The van der Waals surface area contributed by atoms with Gasteiger partial charge in [0, 0.05) is 11.3 Å². The van der Waals surface area contributed by atoms with E-state index in [1.165, 1.54) is 12.8 Å². The molecule has 0 bridgehead atoms. The molecule has 1 saturated carbocycles. The highest BCUT2D eigenvalue weighted by atomic mass is 32.2. The van der Waals surface area contributed by atoms with Crippen molar-refractivity contribution in [1.82, 2.24) is 10.6 Å². The Morgan fingerprint density at radius 1 is 1.29 bits per heavy atom. The molecule has 2 rings (SSSR count). The molecule has 98 valence electrons. The van der Waals surface area contributed by atoms with Crippen LogP contribution in [0.4, 0.5) is 0 Å². The SMILES string of the molecule is CSC1CCC(NC(=O)C2CC(C)CCN2)C1. The number of nitrogens with one attached hydrogen (secondary N) is 2. The molecular formula is C13H24N2OS. The van der Waals surface area contributed by atoms with Gasteiger partial charge < -0.3 is 10.6 Å². The van der Waals surface area contributed by atoms with Gasteiger partial charge in [-0.2, -0.15) is 11.8 Å². The van der Waals surface area contributed by atoms with E-state index in [1.54, 1.807) is 0 Å². The average Bonchev–Trinajstić information content (AvgIpc) is 2.77. The number of amides is 1. The van der Waals surface area contributed by atoms with Crippen molar-refractivity contribution >= 4 is 17.7 Å². The molecular weight excluding hydrogens is 232 g/mol. The number of hydrogen-bond acceptors (Lipinski definition) is 3. The van der Waals surface area contributed by atoms with Crippen LogP contribution in [0, 0.1) is 5.92 Å². The van der Waals surface area contributed by atoms with E-state index in [4.69, 9.17) is 0 Å². The number of carbonyl (C=O) groups excluding carboxylic acids is 1. The van der Waals surface area contributed by atoms with E-state index in [1.807, 2.05) is 11.8 Å². The Morgan fingerprint density at radius 2 is 2.12 bits per heavy atom. The van der Waals surface area contributed by atoms with E-state index in [9.17, 15) is 4.79 Å². The zero-order valence-electron chi connectivity index (χ0n) is 10.9. The van der Waals surface area contributed by atoms with E-state index in [2.05, 4.69) is 23.8 Å². The van der Waals surface area contributed by atoms with Crippen LogP contribution in [0.1, 0.15) is 39.0 Å². The fraction of sp³-hybridized carbons (Fsp3) is 0.923. The zero-order valence-corrected chi connectivity index (χ0v) is 11.7. The second-order valence-electron chi connectivity index (χ2n) is 5.51. The molecule has 4 heteroatoms. The van der Waals surface area contributed by atoms with Gasteiger partial charge in [0.1, 0.15) is 0 Å². The maximum Gasteiger partial charge on any atom is 0.237 e. The Bertz CT molecular complexity index is 272. The predicted molar refractivity (Wildman–Crippen MR) is 73.3 cm³/mol. The molecule has 0 aromatic carbocycles. The monoisotopic (exact) mass is 256 g/mol. The summed E-state index contributed by atoms with van der Waals surface area (Å²) in [7, 11) is 0. The number of thioether (sulfide) groups is 1. The molecule has 17 heavy (non-hydrogen) atoms. The van der Waals surface area contributed by atoms with Crippen LogP contribution in [-0.4, -0.2) is 36.0 Å². The third-order valence-electron chi connectivity index (χ3n) is 4.05. The van der Waals surface area contributed by atoms with E-state index in [-0.39, 0.29) is 11.9 Å². The summed E-state index contributed by atoms with van der Waals surface area (Å²) in [6, 6.07) is 0.464. The first kappa shape index (κ1) is 13.2. The van der Waals surface area contributed by atoms with Crippen molar-refractivity contribution in [3.05, 3.63) is 0 Å². The van der Waals surface area contributed by atoms with Crippen LogP contribution in [0.25, 0.3) is 0 Å². The molecule has 1 saturated heterocycles. The van der Waals surface area contributed by atoms with Crippen molar-refractivity contribution < 1.29 is 4.79 Å². The summed E-state index contributed by atoms with van der Waals surface area (Å²) >= 11 is 1.93. The topological polar surface area (TPSA) is 41.1 Å². The lowest BCUT2D eigenvalue weighted by Crippen LogP contribution is -2.50. The smallest absolute Gasteiger partial charge is 0.237 e. The van der Waals surface area contributed by atoms with Gasteiger partial charge in [-0.25, -0.2) is 0 Å². The van der Waals surface area contributed by atoms with Crippen LogP contribution in [0.2, 0.25) is 0 Å². The van der Waals surface area contributed by atoms with Gasteiger partial charge in [-0.15, -0.1) is 0 Å². The van der Waals surface area contributed by atoms with Crippen molar-refractivity contribution in [3.8, 4) is 0 Å². The standard InChI is InChI=1S/C13H24N2OS/c1-9-5-6-14-12(7-9)13(16)15-10-3-4-11(8-10)17-2/h9-12,14H,3-8H2,1-2H3,(H,15,16). The number of piperidine rings is 1. The second-order valence-corrected chi connectivity index (χ2v) is 6.65. The first-order chi connectivity index (χ1) is 8.19. The lowest BCUT2D eigenvalue weighted by molar-refractivity contribution is -0.124. The van der Waals surface area contributed by atoms with Crippen LogP contribution in [0.3, 0.4) is 0 Å². The summed E-state index contributed by atoms with van der Waals surface area (Å²) < 4.78 is 0.